The number of nitrogens with zero attached hydrogens (tertiary/aromatic N) is 2. The van der Waals surface area contributed by atoms with Gasteiger partial charge in [-0.1, -0.05) is 26.2 Å². The first-order chi connectivity index (χ1) is 16.8. The number of ether oxygens (including phenoxy) is 3. The van der Waals surface area contributed by atoms with Crippen LogP contribution in [-0.2, 0) is 14.3 Å². The normalized spacial score (nSPS) is 25.2. The number of amides is 2. The highest BCUT2D eigenvalue weighted by molar-refractivity contribution is 5.99. The number of carbonyl (C=O) groups excluding carboxylic acids is 2. The molecule has 2 aliphatic rings. The third kappa shape index (κ3) is 7.66. The Morgan fingerprint density at radius 2 is 1.89 bits per heavy atom. The lowest BCUT2D eigenvalue weighted by Crippen LogP contribution is -2.48. The second kappa shape index (κ2) is 13.2. The first-order valence-electron chi connectivity index (χ1n) is 12.9. The fourth-order valence-corrected chi connectivity index (χ4v) is 5.21. The third-order valence-electron chi connectivity index (χ3n) is 7.35. The van der Waals surface area contributed by atoms with E-state index in [0.717, 1.165) is 19.0 Å². The Kier molecular flexibility index (Phi) is 10.4. The van der Waals surface area contributed by atoms with Gasteiger partial charge in [-0.3, -0.25) is 14.5 Å². The predicted octanol–water partition coefficient (Wildman–Crippen LogP) is 3.66. The van der Waals surface area contributed by atoms with Crippen molar-refractivity contribution in [2.24, 2.45) is 11.8 Å². The lowest BCUT2D eigenvalue weighted by atomic mass is 9.88. The van der Waals surface area contributed by atoms with Crippen LogP contribution in [0.1, 0.15) is 56.3 Å². The average molecular weight is 490 g/mol. The van der Waals surface area contributed by atoms with Gasteiger partial charge >= 0.3 is 0 Å². The first-order valence-corrected chi connectivity index (χ1v) is 12.9. The van der Waals surface area contributed by atoms with Gasteiger partial charge in [0.2, 0.25) is 5.91 Å². The van der Waals surface area contributed by atoms with Gasteiger partial charge in [0.15, 0.2) is 0 Å². The number of benzene rings is 1. The maximum Gasteiger partial charge on any atom is 0.257 e. The van der Waals surface area contributed by atoms with E-state index in [9.17, 15) is 9.59 Å². The van der Waals surface area contributed by atoms with Gasteiger partial charge in [-0.25, -0.2) is 0 Å². The van der Waals surface area contributed by atoms with Gasteiger partial charge in [-0.2, -0.15) is 0 Å². The molecule has 1 aromatic carbocycles. The minimum atomic E-state index is -0.275. The number of nitrogens with one attached hydrogen (secondary N) is 1. The van der Waals surface area contributed by atoms with Crippen molar-refractivity contribution in [2.45, 2.75) is 58.1 Å². The summed E-state index contributed by atoms with van der Waals surface area (Å²) in [4.78, 5) is 29.7. The zero-order valence-corrected chi connectivity index (χ0v) is 22.0. The summed E-state index contributed by atoms with van der Waals surface area (Å²) in [7, 11) is 4.98. The molecule has 1 fully saturated rings. The van der Waals surface area contributed by atoms with Crippen LogP contribution < -0.4 is 10.1 Å². The van der Waals surface area contributed by atoms with E-state index in [4.69, 9.17) is 14.2 Å². The molecule has 35 heavy (non-hydrogen) atoms. The summed E-state index contributed by atoms with van der Waals surface area (Å²) in [6, 6.07) is 5.40. The number of methoxy groups -OCH3 is 2. The van der Waals surface area contributed by atoms with E-state index >= 15 is 0 Å². The molecular weight excluding hydrogens is 446 g/mol. The van der Waals surface area contributed by atoms with E-state index in [-0.39, 0.29) is 36.5 Å². The van der Waals surface area contributed by atoms with Gasteiger partial charge in [0.25, 0.3) is 5.91 Å². The van der Waals surface area contributed by atoms with Crippen LogP contribution in [-0.4, -0.2) is 87.9 Å². The van der Waals surface area contributed by atoms with E-state index in [1.165, 1.54) is 39.2 Å². The number of hydrogen-bond donors (Lipinski definition) is 1. The number of fused-ring (bicyclic) bond motifs is 1. The standard InChI is InChI=1S/C27H43N3O5/c1-19-14-30(15-21-9-7-6-8-10-21)20(2)17-35-24-12-11-22(28-26(31)18-33-4)13-23(24)27(32)29(3)16-25(19)34-5/h11-13,19-21,25H,6-10,14-18H2,1-5H3,(H,28,31)/t19-,20+,25-/m0/s1. The molecule has 196 valence electrons. The minimum Gasteiger partial charge on any atom is -0.491 e. The fourth-order valence-electron chi connectivity index (χ4n) is 5.21. The summed E-state index contributed by atoms with van der Waals surface area (Å²) in [6.45, 7) is 7.28. The van der Waals surface area contributed by atoms with Crippen molar-refractivity contribution in [3.8, 4) is 5.75 Å². The Hall–Kier alpha value is -2.16. The molecule has 1 aliphatic carbocycles. The molecule has 1 N–H and O–H groups in total. The van der Waals surface area contributed by atoms with Crippen LogP contribution in [0.15, 0.2) is 18.2 Å². The largest absolute Gasteiger partial charge is 0.491 e. The Morgan fingerprint density at radius 1 is 1.14 bits per heavy atom. The van der Waals surface area contributed by atoms with E-state index in [0.29, 0.717) is 30.2 Å². The Bertz CT molecular complexity index is 842. The van der Waals surface area contributed by atoms with E-state index in [1.807, 2.05) is 0 Å². The Morgan fingerprint density at radius 3 is 2.57 bits per heavy atom. The zero-order valence-electron chi connectivity index (χ0n) is 22.0. The molecule has 0 spiro atoms. The first kappa shape index (κ1) is 27.4. The average Bonchev–Trinajstić information content (AvgIpc) is 2.85. The smallest absolute Gasteiger partial charge is 0.257 e. The molecule has 2 amide bonds. The lowest BCUT2D eigenvalue weighted by Gasteiger charge is -2.38. The van der Waals surface area contributed by atoms with Crippen molar-refractivity contribution in [1.29, 1.82) is 0 Å². The van der Waals surface area contributed by atoms with E-state index in [1.54, 1.807) is 37.3 Å². The fraction of sp³-hybridized carbons (Fsp3) is 0.704. The van der Waals surface area contributed by atoms with Crippen LogP contribution in [0.2, 0.25) is 0 Å². The van der Waals surface area contributed by atoms with Gasteiger partial charge in [0.1, 0.15) is 19.0 Å². The van der Waals surface area contributed by atoms with Gasteiger partial charge in [0, 0.05) is 52.6 Å². The van der Waals surface area contributed by atoms with E-state index in [2.05, 4.69) is 24.1 Å². The third-order valence-corrected chi connectivity index (χ3v) is 7.35. The van der Waals surface area contributed by atoms with Crippen LogP contribution in [0.3, 0.4) is 0 Å². The molecule has 0 unspecified atom stereocenters. The van der Waals surface area contributed by atoms with Gasteiger partial charge < -0.3 is 24.4 Å². The molecular formula is C27H43N3O5. The Labute approximate surface area is 210 Å². The van der Waals surface area contributed by atoms with Crippen LogP contribution in [0.25, 0.3) is 0 Å². The van der Waals surface area contributed by atoms with Gasteiger partial charge in [-0.05, 0) is 49.8 Å². The molecule has 0 bridgehead atoms. The molecule has 1 aliphatic heterocycles. The second-order valence-electron chi connectivity index (χ2n) is 10.2. The number of rotatable bonds is 6. The molecule has 1 saturated carbocycles. The number of likely N-dealkylation sites (N-methyl/N-ethyl adjacent to an activating group) is 1. The molecule has 8 nitrogen and oxygen atoms in total. The molecule has 1 heterocycles. The zero-order chi connectivity index (χ0) is 25.4. The number of hydrogen-bond acceptors (Lipinski definition) is 6. The van der Waals surface area contributed by atoms with Crippen LogP contribution in [0.4, 0.5) is 5.69 Å². The molecule has 0 radical (unpaired) electrons. The summed E-state index contributed by atoms with van der Waals surface area (Å²) in [5.74, 6) is 1.06. The highest BCUT2D eigenvalue weighted by atomic mass is 16.5. The topological polar surface area (TPSA) is 80.3 Å². The molecule has 3 rings (SSSR count). The molecule has 8 heteroatoms. The highest BCUT2D eigenvalue weighted by Crippen LogP contribution is 2.28. The summed E-state index contributed by atoms with van der Waals surface area (Å²) in [6.07, 6.45) is 6.50. The summed E-state index contributed by atoms with van der Waals surface area (Å²) in [5.41, 5.74) is 0.962. The highest BCUT2D eigenvalue weighted by Gasteiger charge is 2.29. The predicted molar refractivity (Wildman–Crippen MR) is 137 cm³/mol. The van der Waals surface area contributed by atoms with Crippen molar-refractivity contribution >= 4 is 17.5 Å². The molecule has 1 aromatic rings. The maximum absolute atomic E-state index is 13.4. The van der Waals surface area contributed by atoms with Crippen molar-refractivity contribution in [3.05, 3.63) is 23.8 Å². The number of anilines is 1. The summed E-state index contributed by atoms with van der Waals surface area (Å²) >= 11 is 0. The monoisotopic (exact) mass is 489 g/mol. The van der Waals surface area contributed by atoms with Crippen LogP contribution in [0.5, 0.6) is 5.75 Å². The lowest BCUT2D eigenvalue weighted by molar-refractivity contribution is -0.119. The number of carbonyl (C=O) groups is 2. The Balaban J connectivity index is 1.87. The van der Waals surface area contributed by atoms with Crippen LogP contribution >= 0.6 is 0 Å². The maximum atomic E-state index is 13.4. The van der Waals surface area contributed by atoms with E-state index < -0.39 is 0 Å². The van der Waals surface area contributed by atoms with Crippen molar-refractivity contribution in [2.75, 3.05) is 59.4 Å². The van der Waals surface area contributed by atoms with Gasteiger partial charge in [-0.15, -0.1) is 0 Å². The van der Waals surface area contributed by atoms with Crippen LogP contribution in [0, 0.1) is 11.8 Å². The summed E-state index contributed by atoms with van der Waals surface area (Å²) in [5, 5.41) is 2.78. The van der Waals surface area contributed by atoms with Crippen molar-refractivity contribution in [3.63, 3.8) is 0 Å². The molecule has 0 aromatic heterocycles. The molecule has 3 atom stereocenters. The second-order valence-corrected chi connectivity index (χ2v) is 10.2. The minimum absolute atomic E-state index is 0.0524. The summed E-state index contributed by atoms with van der Waals surface area (Å²) < 4.78 is 17.0. The van der Waals surface area contributed by atoms with Crippen molar-refractivity contribution < 1.29 is 23.8 Å². The van der Waals surface area contributed by atoms with Crippen molar-refractivity contribution in [1.82, 2.24) is 9.80 Å². The SMILES string of the molecule is COCC(=O)Nc1ccc2c(c1)C(=O)N(C)C[C@H](OC)[C@@H](C)CN(CC1CCCCC1)[C@H](C)CO2. The van der Waals surface area contributed by atoms with Gasteiger partial charge in [0.05, 0.1) is 11.7 Å². The quantitative estimate of drug-likeness (QED) is 0.657. The molecule has 0 saturated heterocycles.